The van der Waals surface area contributed by atoms with Gasteiger partial charge in [0.2, 0.25) is 11.6 Å². The lowest BCUT2D eigenvalue weighted by atomic mass is 9.80. The molecule has 74 heavy (non-hydrogen) atoms. The van der Waals surface area contributed by atoms with Gasteiger partial charge in [0.15, 0.2) is 35.1 Å². The highest BCUT2D eigenvalue weighted by Gasteiger charge is 2.52. The molecule has 6 aromatic heterocycles. The van der Waals surface area contributed by atoms with Gasteiger partial charge in [0, 0.05) is 45.8 Å². The van der Waals surface area contributed by atoms with Crippen molar-refractivity contribution in [2.24, 2.45) is 11.8 Å². The minimum atomic E-state index is -4.69. The number of halogens is 13. The first-order valence-electron chi connectivity index (χ1n) is 22.0. The molecule has 6 aromatic rings. The van der Waals surface area contributed by atoms with Crippen molar-refractivity contribution in [1.29, 1.82) is 0 Å². The van der Waals surface area contributed by atoms with E-state index in [-0.39, 0.29) is 62.1 Å². The maximum Gasteiger partial charge on any atom is 0.496 e. The summed E-state index contributed by atoms with van der Waals surface area (Å²) in [6.07, 6.45) is -12.2. The zero-order chi connectivity index (χ0) is 52.8. The second-order valence-electron chi connectivity index (χ2n) is 18.1. The molecule has 2 saturated carbocycles. The lowest BCUT2D eigenvalue weighted by Gasteiger charge is -2.32. The average Bonchev–Trinajstić information content (AvgIpc) is 4.20. The van der Waals surface area contributed by atoms with Gasteiger partial charge in [-0.05, 0) is 131 Å². The maximum absolute atomic E-state index is 14.5. The Bertz CT molecular complexity index is 2850. The molecule has 0 aromatic carbocycles. The second-order valence-corrected chi connectivity index (χ2v) is 19.0. The third-order valence-corrected chi connectivity index (χ3v) is 12.1. The molecule has 3 fully saturated rings. The Morgan fingerprint density at radius 3 is 1.50 bits per heavy atom. The molecule has 0 N–H and O–H groups in total. The summed E-state index contributed by atoms with van der Waals surface area (Å²) in [5.74, 6) is -4.52. The van der Waals surface area contributed by atoms with Crippen LogP contribution in [-0.2, 0) is 31.0 Å². The fraction of sp³-hybridized carbons (Fsp3) is 0.522. The van der Waals surface area contributed by atoms with E-state index in [1.165, 1.54) is 35.1 Å². The first-order chi connectivity index (χ1) is 33.4. The zero-order valence-electron chi connectivity index (χ0n) is 38.8. The van der Waals surface area contributed by atoms with Gasteiger partial charge in [-0.2, -0.15) is 43.9 Å². The summed E-state index contributed by atoms with van der Waals surface area (Å²) in [5, 5.41) is 14.4. The van der Waals surface area contributed by atoms with Crippen LogP contribution in [0.2, 0.25) is 0 Å². The van der Waals surface area contributed by atoms with Crippen LogP contribution in [0.25, 0.3) is 22.4 Å². The first-order valence-corrected chi connectivity index (χ1v) is 22.8. The summed E-state index contributed by atoms with van der Waals surface area (Å²) in [6, 6.07) is 8.09. The third kappa shape index (κ3) is 14.3. The van der Waals surface area contributed by atoms with E-state index in [1.54, 1.807) is 12.1 Å². The molecular formula is C46H52BBrF12N8O6. The van der Waals surface area contributed by atoms with Crippen molar-refractivity contribution in [2.45, 2.75) is 130 Å². The van der Waals surface area contributed by atoms with Crippen LogP contribution < -0.4 is 14.9 Å². The molecule has 9 rings (SSSR count). The van der Waals surface area contributed by atoms with Crippen LogP contribution in [0.5, 0.6) is 11.8 Å². The van der Waals surface area contributed by atoms with E-state index in [9.17, 15) is 52.7 Å². The van der Waals surface area contributed by atoms with E-state index >= 15 is 0 Å². The molecule has 406 valence electrons. The van der Waals surface area contributed by atoms with Crippen molar-refractivity contribution in [3.8, 4) is 22.9 Å². The van der Waals surface area contributed by atoms with Crippen LogP contribution in [0.4, 0.5) is 52.7 Å². The SMILES string of the molecule is C.C.C[C@H](Oc1ncc(-c2ccc3nnc(C(F)(F)OCC4CC4)n3c2)cc1F)C(F)(F)F.C[C@H](Oc1ncc(B2OC(C)(C)C(C)(C)O2)cc1F)C(F)(F)F.FC(F)(OCC1CC1)c1nnc2ccc(Br)cn12. The Labute approximate surface area is 425 Å². The van der Waals surface area contributed by atoms with Gasteiger partial charge in [-0.25, -0.2) is 18.7 Å². The molecule has 1 saturated heterocycles. The molecule has 2 aliphatic carbocycles. The van der Waals surface area contributed by atoms with Gasteiger partial charge in [0.1, 0.15) is 0 Å². The molecule has 0 unspecified atom stereocenters. The molecule has 2 atom stereocenters. The minimum absolute atomic E-state index is 0. The summed E-state index contributed by atoms with van der Waals surface area (Å²) in [7, 11) is -0.851. The summed E-state index contributed by atoms with van der Waals surface area (Å²) in [5.41, 5.74) is -0.0964. The topological polar surface area (TPSA) is 142 Å². The number of aromatic nitrogens is 8. The number of hydrogen-bond acceptors (Lipinski definition) is 12. The standard InChI is InChI=1S/C19H16F6N4O2.C14H18BF4NO3.C11H10BrF2N3O.2CH4/c1-10(18(21,22)23)31-16-14(20)6-13(7-26-16)12-4-5-15-27-28-17(29(15)8-12)19(24,25)30-9-11-2-3-11;1-8(14(17,18)19)21-11-10(16)6-9(7-20-11)15-22-12(2,3)13(4,5)23-15;12-8-3-4-9-15-16-10(17(9)5-8)11(13,14)18-6-7-1-2-7;;/h4-8,10-11H,2-3,9H2,1H3;6-8H,1-5H3;3-5,7H,1-2,6H2;2*1H4/t10-;8-;;;/m00.../s1. The summed E-state index contributed by atoms with van der Waals surface area (Å²) in [4.78, 5) is 7.21. The molecule has 0 spiro atoms. The van der Waals surface area contributed by atoms with E-state index < -0.39 is 90.1 Å². The second kappa shape index (κ2) is 22.5. The maximum atomic E-state index is 14.5. The lowest BCUT2D eigenvalue weighted by molar-refractivity contribution is -0.257. The lowest BCUT2D eigenvalue weighted by Crippen LogP contribution is -2.41. The van der Waals surface area contributed by atoms with Crippen molar-refractivity contribution in [3.63, 3.8) is 0 Å². The Hall–Kier alpha value is -5.32. The van der Waals surface area contributed by atoms with Crippen molar-refractivity contribution >= 4 is 39.8 Å². The summed E-state index contributed by atoms with van der Waals surface area (Å²) in [6.45, 7) is 8.80. The molecule has 7 heterocycles. The van der Waals surface area contributed by atoms with E-state index in [0.29, 0.717) is 10.1 Å². The van der Waals surface area contributed by atoms with Gasteiger partial charge in [-0.1, -0.05) is 14.9 Å². The van der Waals surface area contributed by atoms with E-state index in [0.717, 1.165) is 62.3 Å². The van der Waals surface area contributed by atoms with Crippen LogP contribution in [0, 0.1) is 23.5 Å². The fourth-order valence-electron chi connectivity index (χ4n) is 6.24. The highest BCUT2D eigenvalue weighted by Crippen LogP contribution is 2.39. The fourth-order valence-corrected chi connectivity index (χ4v) is 6.58. The van der Waals surface area contributed by atoms with E-state index in [1.807, 2.05) is 27.7 Å². The van der Waals surface area contributed by atoms with E-state index in [4.69, 9.17) is 14.0 Å². The molecule has 0 radical (unpaired) electrons. The number of fused-ring (bicyclic) bond motifs is 2. The number of rotatable bonds is 14. The van der Waals surface area contributed by atoms with Crippen LogP contribution in [0.3, 0.4) is 0 Å². The first kappa shape index (κ1) is 59.6. The average molecular weight is 1130 g/mol. The quantitative estimate of drug-likeness (QED) is 0.0757. The molecule has 3 aliphatic rings. The highest BCUT2D eigenvalue weighted by atomic mass is 79.9. The van der Waals surface area contributed by atoms with Crippen molar-refractivity contribution in [2.75, 3.05) is 13.2 Å². The smallest absolute Gasteiger partial charge is 0.463 e. The van der Waals surface area contributed by atoms with Crippen molar-refractivity contribution < 1.29 is 80.9 Å². The predicted octanol–water partition coefficient (Wildman–Crippen LogP) is 11.8. The molecule has 0 bridgehead atoms. The molecule has 1 aliphatic heterocycles. The van der Waals surface area contributed by atoms with Crippen LogP contribution in [-0.4, -0.2) is 95.3 Å². The third-order valence-electron chi connectivity index (χ3n) is 11.7. The summed E-state index contributed by atoms with van der Waals surface area (Å²) >= 11 is 3.23. The van der Waals surface area contributed by atoms with Gasteiger partial charge in [-0.15, -0.1) is 20.4 Å². The van der Waals surface area contributed by atoms with Gasteiger partial charge >= 0.3 is 31.7 Å². The van der Waals surface area contributed by atoms with Crippen LogP contribution in [0.1, 0.15) is 93.7 Å². The molecule has 28 heteroatoms. The number of ether oxygens (including phenoxy) is 4. The number of alkyl halides is 10. The van der Waals surface area contributed by atoms with E-state index in [2.05, 4.69) is 60.5 Å². The number of pyridine rings is 4. The number of hydrogen-bond donors (Lipinski definition) is 0. The van der Waals surface area contributed by atoms with Crippen molar-refractivity contribution in [1.82, 2.24) is 39.2 Å². The van der Waals surface area contributed by atoms with Gasteiger partial charge < -0.3 is 28.3 Å². The normalized spacial score (nSPS) is 17.3. The van der Waals surface area contributed by atoms with Crippen LogP contribution >= 0.6 is 15.9 Å². The highest BCUT2D eigenvalue weighted by molar-refractivity contribution is 9.10. The minimum Gasteiger partial charge on any atom is -0.463 e. The largest absolute Gasteiger partial charge is 0.496 e. The monoisotopic (exact) mass is 1130 g/mol. The molecular weight excluding hydrogens is 1080 g/mol. The van der Waals surface area contributed by atoms with Gasteiger partial charge in [-0.3, -0.25) is 8.80 Å². The van der Waals surface area contributed by atoms with Crippen LogP contribution in [0.15, 0.2) is 65.7 Å². The van der Waals surface area contributed by atoms with Gasteiger partial charge in [0.25, 0.3) is 11.8 Å². The predicted molar refractivity (Wildman–Crippen MR) is 248 cm³/mol. The van der Waals surface area contributed by atoms with Gasteiger partial charge in [0.05, 0.1) is 24.4 Å². The number of nitrogens with zero attached hydrogens (tertiary/aromatic N) is 8. The van der Waals surface area contributed by atoms with Crippen molar-refractivity contribution in [3.05, 3.63) is 88.9 Å². The zero-order valence-corrected chi connectivity index (χ0v) is 40.4. The molecule has 0 amide bonds. The Morgan fingerprint density at radius 1 is 0.635 bits per heavy atom. The summed E-state index contributed by atoms with van der Waals surface area (Å²) < 4.78 is 193. The Morgan fingerprint density at radius 2 is 1.07 bits per heavy atom. The molecule has 14 nitrogen and oxygen atoms in total. The Balaban J connectivity index is 0.000000210. The Kier molecular flexibility index (Phi) is 18.1.